The van der Waals surface area contributed by atoms with Gasteiger partial charge in [0.15, 0.2) is 5.82 Å². The van der Waals surface area contributed by atoms with Crippen LogP contribution >= 0.6 is 15.9 Å². The van der Waals surface area contributed by atoms with Crippen molar-refractivity contribution in [1.82, 2.24) is 4.90 Å². The third-order valence-corrected chi connectivity index (χ3v) is 4.71. The van der Waals surface area contributed by atoms with Gasteiger partial charge in [-0.25, -0.2) is 8.78 Å². The zero-order valence-corrected chi connectivity index (χ0v) is 12.3. The number of benzene rings is 1. The van der Waals surface area contributed by atoms with Gasteiger partial charge in [-0.3, -0.25) is 4.90 Å². The average Bonchev–Trinajstić information content (AvgIpc) is 2.67. The van der Waals surface area contributed by atoms with E-state index in [-0.39, 0.29) is 0 Å². The van der Waals surface area contributed by atoms with Crippen molar-refractivity contribution in [3.8, 4) is 0 Å². The monoisotopic (exact) mass is 330 g/mol. The van der Waals surface area contributed by atoms with Gasteiger partial charge in [0.2, 0.25) is 0 Å². The molecule has 2 fully saturated rings. The molecule has 2 aliphatic rings. The Kier molecular flexibility index (Phi) is 3.76. The molecule has 2 saturated heterocycles. The van der Waals surface area contributed by atoms with Crippen molar-refractivity contribution in [1.29, 1.82) is 0 Å². The van der Waals surface area contributed by atoms with Gasteiger partial charge in [-0.2, -0.15) is 0 Å². The number of nitrogens with zero attached hydrogens (tertiary/aromatic N) is 2. The lowest BCUT2D eigenvalue weighted by Crippen LogP contribution is -2.37. The van der Waals surface area contributed by atoms with Crippen LogP contribution in [-0.2, 0) is 0 Å². The van der Waals surface area contributed by atoms with Crippen LogP contribution in [0.1, 0.15) is 19.3 Å². The molecule has 0 amide bonds. The van der Waals surface area contributed by atoms with Gasteiger partial charge in [0.05, 0.1) is 5.69 Å². The molecule has 1 aromatic carbocycles. The molecular formula is C14H17BrF2N2. The zero-order valence-electron chi connectivity index (χ0n) is 10.7. The zero-order chi connectivity index (χ0) is 13.4. The Hall–Kier alpha value is -0.680. The molecule has 1 aromatic rings. The van der Waals surface area contributed by atoms with Crippen molar-refractivity contribution in [2.24, 2.45) is 0 Å². The highest BCUT2D eigenvalue weighted by molar-refractivity contribution is 9.10. The molecular weight excluding hydrogens is 314 g/mol. The third-order valence-electron chi connectivity index (χ3n) is 4.10. The summed E-state index contributed by atoms with van der Waals surface area (Å²) in [5, 5.41) is 0. The van der Waals surface area contributed by atoms with Crippen LogP contribution in [0.3, 0.4) is 0 Å². The molecule has 0 radical (unpaired) electrons. The average molecular weight is 331 g/mol. The Bertz CT molecular complexity index is 458. The predicted octanol–water partition coefficient (Wildman–Crippen LogP) is 3.40. The molecule has 1 atom stereocenters. The summed E-state index contributed by atoms with van der Waals surface area (Å²) >= 11 is 3.30. The molecule has 0 N–H and O–H groups in total. The van der Waals surface area contributed by atoms with Crippen molar-refractivity contribution in [3.05, 3.63) is 28.2 Å². The maximum Gasteiger partial charge on any atom is 0.150 e. The van der Waals surface area contributed by atoms with Gasteiger partial charge in [-0.05, 0) is 47.8 Å². The lowest BCUT2D eigenvalue weighted by molar-refractivity contribution is 0.273. The molecule has 2 heterocycles. The topological polar surface area (TPSA) is 6.48 Å². The first-order chi connectivity index (χ1) is 9.15. The molecule has 3 rings (SSSR count). The lowest BCUT2D eigenvalue weighted by Gasteiger charge is -2.28. The maximum atomic E-state index is 14.0. The van der Waals surface area contributed by atoms with Gasteiger partial charge >= 0.3 is 0 Å². The SMILES string of the molecule is Fc1cc(F)c(N2CCCN3CCCC3C2)c(Br)c1. The second-order valence-corrected chi connectivity index (χ2v) is 6.20. The summed E-state index contributed by atoms with van der Waals surface area (Å²) < 4.78 is 27.7. The van der Waals surface area contributed by atoms with Crippen molar-refractivity contribution < 1.29 is 8.78 Å². The van der Waals surface area contributed by atoms with Crippen molar-refractivity contribution in [2.75, 3.05) is 31.1 Å². The largest absolute Gasteiger partial charge is 0.367 e. The number of halogens is 3. The van der Waals surface area contributed by atoms with Crippen LogP contribution in [-0.4, -0.2) is 37.1 Å². The first-order valence-corrected chi connectivity index (χ1v) is 7.58. The van der Waals surface area contributed by atoms with Crippen LogP contribution < -0.4 is 4.90 Å². The van der Waals surface area contributed by atoms with Crippen LogP contribution in [0.15, 0.2) is 16.6 Å². The van der Waals surface area contributed by atoms with E-state index < -0.39 is 11.6 Å². The van der Waals surface area contributed by atoms with E-state index in [4.69, 9.17) is 0 Å². The molecule has 0 aliphatic carbocycles. The highest BCUT2D eigenvalue weighted by Gasteiger charge is 2.30. The predicted molar refractivity (Wildman–Crippen MR) is 75.5 cm³/mol. The molecule has 5 heteroatoms. The first-order valence-electron chi connectivity index (χ1n) is 6.78. The summed E-state index contributed by atoms with van der Waals surface area (Å²) in [5.41, 5.74) is 0.509. The van der Waals surface area contributed by atoms with Crippen molar-refractivity contribution in [3.63, 3.8) is 0 Å². The van der Waals surface area contributed by atoms with Crippen molar-refractivity contribution in [2.45, 2.75) is 25.3 Å². The van der Waals surface area contributed by atoms with Crippen LogP contribution in [0.4, 0.5) is 14.5 Å². The Morgan fingerprint density at radius 1 is 1.11 bits per heavy atom. The number of rotatable bonds is 1. The summed E-state index contributed by atoms with van der Waals surface area (Å²) in [5.74, 6) is -1.01. The van der Waals surface area contributed by atoms with E-state index >= 15 is 0 Å². The summed E-state index contributed by atoms with van der Waals surface area (Å²) in [6, 6.07) is 2.83. The van der Waals surface area contributed by atoms with Crippen LogP contribution in [0.25, 0.3) is 0 Å². The quantitative estimate of drug-likeness (QED) is 0.778. The highest BCUT2D eigenvalue weighted by atomic mass is 79.9. The maximum absolute atomic E-state index is 14.0. The van der Waals surface area contributed by atoms with Crippen LogP contribution in [0.2, 0.25) is 0 Å². The Morgan fingerprint density at radius 3 is 2.68 bits per heavy atom. The summed E-state index contributed by atoms with van der Waals surface area (Å²) in [6.07, 6.45) is 3.43. The normalized spacial score (nSPS) is 24.4. The lowest BCUT2D eigenvalue weighted by atomic mass is 10.2. The summed E-state index contributed by atoms with van der Waals surface area (Å²) in [4.78, 5) is 4.56. The molecule has 0 spiro atoms. The number of anilines is 1. The highest BCUT2D eigenvalue weighted by Crippen LogP contribution is 2.33. The van der Waals surface area contributed by atoms with Crippen LogP contribution in [0, 0.1) is 11.6 Å². The van der Waals surface area contributed by atoms with Crippen molar-refractivity contribution >= 4 is 21.6 Å². The number of hydrogen-bond donors (Lipinski definition) is 0. The molecule has 0 saturated carbocycles. The molecule has 2 nitrogen and oxygen atoms in total. The number of fused-ring (bicyclic) bond motifs is 1. The minimum absolute atomic E-state index is 0.474. The second-order valence-electron chi connectivity index (χ2n) is 5.35. The first kappa shape index (κ1) is 13.3. The molecule has 2 aliphatic heterocycles. The van der Waals surface area contributed by atoms with E-state index in [1.54, 1.807) is 0 Å². The number of hydrogen-bond acceptors (Lipinski definition) is 2. The van der Waals surface area contributed by atoms with E-state index in [0.29, 0.717) is 16.2 Å². The van der Waals surface area contributed by atoms with E-state index in [2.05, 4.69) is 25.7 Å². The minimum Gasteiger partial charge on any atom is -0.367 e. The Morgan fingerprint density at radius 2 is 1.89 bits per heavy atom. The van der Waals surface area contributed by atoms with Gasteiger partial charge in [-0.1, -0.05) is 0 Å². The van der Waals surface area contributed by atoms with E-state index in [1.165, 1.54) is 18.9 Å². The second kappa shape index (κ2) is 5.37. The molecule has 0 aromatic heterocycles. The smallest absolute Gasteiger partial charge is 0.150 e. The fourth-order valence-corrected chi connectivity index (χ4v) is 3.91. The Labute approximate surface area is 120 Å². The molecule has 0 bridgehead atoms. The molecule has 104 valence electrons. The summed E-state index contributed by atoms with van der Waals surface area (Å²) in [6.45, 7) is 3.91. The van der Waals surface area contributed by atoms with E-state index in [9.17, 15) is 8.78 Å². The van der Waals surface area contributed by atoms with E-state index in [0.717, 1.165) is 38.7 Å². The summed E-state index contributed by atoms with van der Waals surface area (Å²) in [7, 11) is 0. The van der Waals surface area contributed by atoms with E-state index in [1.807, 2.05) is 0 Å². The van der Waals surface area contributed by atoms with Gasteiger partial charge in [0.25, 0.3) is 0 Å². The molecule has 1 unspecified atom stereocenters. The standard InChI is InChI=1S/C14H17BrF2N2/c15-12-7-10(16)8-13(17)14(12)19-6-2-5-18-4-1-3-11(18)9-19/h7-8,11H,1-6,9H2. The fourth-order valence-electron chi connectivity index (χ4n) is 3.25. The van der Waals surface area contributed by atoms with Crippen LogP contribution in [0.5, 0.6) is 0 Å². The molecule has 19 heavy (non-hydrogen) atoms. The van der Waals surface area contributed by atoms with Gasteiger partial charge < -0.3 is 4.90 Å². The Balaban J connectivity index is 1.89. The third kappa shape index (κ3) is 2.63. The fraction of sp³-hybridized carbons (Fsp3) is 0.571. The minimum atomic E-state index is -0.537. The van der Waals surface area contributed by atoms with Gasteiger partial charge in [0, 0.05) is 36.2 Å². The van der Waals surface area contributed by atoms with Gasteiger partial charge in [0.1, 0.15) is 5.82 Å². The van der Waals surface area contributed by atoms with Gasteiger partial charge in [-0.15, -0.1) is 0 Å².